The highest BCUT2D eigenvalue weighted by molar-refractivity contribution is 9.10. The first-order valence-corrected chi connectivity index (χ1v) is 8.63. The van der Waals surface area contributed by atoms with Crippen molar-refractivity contribution in [3.8, 4) is 0 Å². The van der Waals surface area contributed by atoms with E-state index in [4.69, 9.17) is 0 Å². The molecule has 0 aliphatic heterocycles. The summed E-state index contributed by atoms with van der Waals surface area (Å²) in [6, 6.07) is 8.46. The lowest BCUT2D eigenvalue weighted by Gasteiger charge is -2.38. The highest BCUT2D eigenvalue weighted by Gasteiger charge is 2.33. The van der Waals surface area contributed by atoms with Crippen LogP contribution in [0.15, 0.2) is 28.7 Å². The van der Waals surface area contributed by atoms with Gasteiger partial charge < -0.3 is 10.6 Å². The van der Waals surface area contributed by atoms with Gasteiger partial charge in [-0.05, 0) is 44.0 Å². The van der Waals surface area contributed by atoms with Crippen LogP contribution in [0.3, 0.4) is 0 Å². The molecule has 0 aromatic heterocycles. The molecule has 5 heteroatoms. The van der Waals surface area contributed by atoms with E-state index < -0.39 is 0 Å². The van der Waals surface area contributed by atoms with E-state index in [9.17, 15) is 4.79 Å². The average molecular weight is 390 g/mol. The number of halogens is 2. The summed E-state index contributed by atoms with van der Waals surface area (Å²) in [5.41, 5.74) is 1.26. The molecule has 124 valence electrons. The Kier molecular flexibility index (Phi) is 8.44. The molecule has 0 saturated heterocycles. The maximum atomic E-state index is 12.2. The molecule has 1 amide bonds. The van der Waals surface area contributed by atoms with E-state index in [1.807, 2.05) is 7.05 Å². The Morgan fingerprint density at radius 3 is 2.41 bits per heavy atom. The van der Waals surface area contributed by atoms with Crippen molar-refractivity contribution in [2.45, 2.75) is 50.5 Å². The van der Waals surface area contributed by atoms with Crippen LogP contribution < -0.4 is 10.6 Å². The number of hydrogen-bond donors (Lipinski definition) is 2. The molecule has 0 bridgehead atoms. The molecular formula is C17H26BrClN2O. The van der Waals surface area contributed by atoms with Crippen LogP contribution in [0.2, 0.25) is 0 Å². The molecule has 0 unspecified atom stereocenters. The molecule has 1 aliphatic rings. The Balaban J connectivity index is 0.00000242. The molecule has 1 aromatic rings. The number of nitrogens with one attached hydrogen (secondary N) is 2. The second kappa shape index (κ2) is 9.53. The first kappa shape index (κ1) is 19.5. The van der Waals surface area contributed by atoms with Gasteiger partial charge in [-0.1, -0.05) is 47.3 Å². The van der Waals surface area contributed by atoms with E-state index in [0.29, 0.717) is 6.42 Å². The van der Waals surface area contributed by atoms with Crippen molar-refractivity contribution in [3.63, 3.8) is 0 Å². The highest BCUT2D eigenvalue weighted by Crippen LogP contribution is 2.31. The Bertz CT molecular complexity index is 458. The quantitative estimate of drug-likeness (QED) is 0.776. The third kappa shape index (κ3) is 5.90. The van der Waals surface area contributed by atoms with Crippen LogP contribution in [0, 0.1) is 0 Å². The van der Waals surface area contributed by atoms with Gasteiger partial charge in [0, 0.05) is 23.0 Å². The predicted octanol–water partition coefficient (Wildman–Crippen LogP) is 3.84. The number of amides is 1. The fourth-order valence-corrected chi connectivity index (χ4v) is 3.43. The van der Waals surface area contributed by atoms with Crippen molar-refractivity contribution >= 4 is 34.2 Å². The van der Waals surface area contributed by atoms with Gasteiger partial charge in [-0.25, -0.2) is 0 Å². The van der Waals surface area contributed by atoms with Gasteiger partial charge in [-0.15, -0.1) is 12.4 Å². The average Bonchev–Trinajstić information content (AvgIpc) is 2.48. The molecule has 0 spiro atoms. The summed E-state index contributed by atoms with van der Waals surface area (Å²) in [6.45, 7) is 0.736. The van der Waals surface area contributed by atoms with Crippen LogP contribution >= 0.6 is 28.3 Å². The van der Waals surface area contributed by atoms with Gasteiger partial charge in [-0.3, -0.25) is 4.79 Å². The lowest BCUT2D eigenvalue weighted by atomic mass is 9.77. The van der Waals surface area contributed by atoms with Crippen LogP contribution in [-0.4, -0.2) is 25.0 Å². The number of carbonyl (C=O) groups excluding carboxylic acids is 1. The molecule has 1 aromatic carbocycles. The Morgan fingerprint density at radius 2 is 1.82 bits per heavy atom. The molecular weight excluding hydrogens is 364 g/mol. The number of benzene rings is 1. The van der Waals surface area contributed by atoms with Gasteiger partial charge in [0.05, 0.1) is 0 Å². The van der Waals surface area contributed by atoms with Crippen molar-refractivity contribution in [1.82, 2.24) is 10.6 Å². The van der Waals surface area contributed by atoms with Gasteiger partial charge in [0.15, 0.2) is 0 Å². The molecule has 1 saturated carbocycles. The summed E-state index contributed by atoms with van der Waals surface area (Å²) >= 11 is 3.48. The van der Waals surface area contributed by atoms with Crippen LogP contribution in [0.4, 0.5) is 0 Å². The first-order valence-electron chi connectivity index (χ1n) is 7.84. The second-order valence-electron chi connectivity index (χ2n) is 6.05. The summed E-state index contributed by atoms with van der Waals surface area (Å²) in [6.07, 6.45) is 7.38. The molecule has 1 aliphatic carbocycles. The minimum absolute atomic E-state index is 0. The Hall–Kier alpha value is -0.580. The fraction of sp³-hybridized carbons (Fsp3) is 0.588. The van der Waals surface area contributed by atoms with Crippen molar-refractivity contribution in [1.29, 1.82) is 0 Å². The SMILES string of the molecule is CNCCC(=O)NC1(Cc2ccc(Br)cc2)CCCCC1.Cl. The first-order chi connectivity index (χ1) is 10.1. The van der Waals surface area contributed by atoms with Crippen LogP contribution in [-0.2, 0) is 11.2 Å². The smallest absolute Gasteiger partial charge is 0.221 e. The largest absolute Gasteiger partial charge is 0.350 e. The van der Waals surface area contributed by atoms with E-state index in [2.05, 4.69) is 50.8 Å². The predicted molar refractivity (Wildman–Crippen MR) is 97.6 cm³/mol. The monoisotopic (exact) mass is 388 g/mol. The Labute approximate surface area is 148 Å². The van der Waals surface area contributed by atoms with Gasteiger partial charge in [-0.2, -0.15) is 0 Å². The van der Waals surface area contributed by atoms with Crippen LogP contribution in [0.1, 0.15) is 44.1 Å². The molecule has 3 nitrogen and oxygen atoms in total. The lowest BCUT2D eigenvalue weighted by Crippen LogP contribution is -2.51. The summed E-state index contributed by atoms with van der Waals surface area (Å²) in [5.74, 6) is 0.170. The van der Waals surface area contributed by atoms with E-state index in [1.165, 1.54) is 24.8 Å². The lowest BCUT2D eigenvalue weighted by molar-refractivity contribution is -0.123. The standard InChI is InChI=1S/C17H25BrN2O.ClH/c1-19-12-9-16(21)20-17(10-3-2-4-11-17)13-14-5-7-15(18)8-6-14;/h5-8,19H,2-4,9-13H2,1H3,(H,20,21);1H. The summed E-state index contributed by atoms with van der Waals surface area (Å²) < 4.78 is 1.10. The second-order valence-corrected chi connectivity index (χ2v) is 6.96. The van der Waals surface area contributed by atoms with Crippen LogP contribution in [0.5, 0.6) is 0 Å². The number of hydrogen-bond acceptors (Lipinski definition) is 2. The zero-order chi connectivity index (χ0) is 15.1. The zero-order valence-electron chi connectivity index (χ0n) is 13.2. The summed E-state index contributed by atoms with van der Waals surface area (Å²) in [7, 11) is 1.88. The fourth-order valence-electron chi connectivity index (χ4n) is 3.16. The topological polar surface area (TPSA) is 41.1 Å². The number of rotatable bonds is 6. The van der Waals surface area contributed by atoms with Gasteiger partial charge in [0.25, 0.3) is 0 Å². The molecule has 22 heavy (non-hydrogen) atoms. The third-order valence-corrected chi connectivity index (χ3v) is 4.80. The Morgan fingerprint density at radius 1 is 1.18 bits per heavy atom. The maximum Gasteiger partial charge on any atom is 0.221 e. The van der Waals surface area contributed by atoms with Gasteiger partial charge in [0.1, 0.15) is 0 Å². The van der Waals surface area contributed by atoms with E-state index in [1.54, 1.807) is 0 Å². The van der Waals surface area contributed by atoms with Gasteiger partial charge in [0.2, 0.25) is 5.91 Å². The maximum absolute atomic E-state index is 12.2. The normalized spacial score (nSPS) is 16.6. The number of carbonyl (C=O) groups is 1. The summed E-state index contributed by atoms with van der Waals surface area (Å²) in [4.78, 5) is 12.2. The van der Waals surface area contributed by atoms with Gasteiger partial charge >= 0.3 is 0 Å². The molecule has 2 N–H and O–H groups in total. The van der Waals surface area contributed by atoms with Crippen molar-refractivity contribution in [3.05, 3.63) is 34.3 Å². The van der Waals surface area contributed by atoms with Crippen molar-refractivity contribution < 1.29 is 4.79 Å². The van der Waals surface area contributed by atoms with E-state index in [0.717, 1.165) is 30.3 Å². The molecule has 0 atom stereocenters. The minimum Gasteiger partial charge on any atom is -0.350 e. The van der Waals surface area contributed by atoms with E-state index >= 15 is 0 Å². The van der Waals surface area contributed by atoms with Crippen molar-refractivity contribution in [2.24, 2.45) is 0 Å². The molecule has 2 rings (SSSR count). The minimum atomic E-state index is -0.0447. The molecule has 0 heterocycles. The van der Waals surface area contributed by atoms with E-state index in [-0.39, 0.29) is 23.9 Å². The van der Waals surface area contributed by atoms with Crippen LogP contribution in [0.25, 0.3) is 0 Å². The third-order valence-electron chi connectivity index (χ3n) is 4.27. The van der Waals surface area contributed by atoms with Crippen molar-refractivity contribution in [2.75, 3.05) is 13.6 Å². The zero-order valence-corrected chi connectivity index (χ0v) is 15.6. The summed E-state index contributed by atoms with van der Waals surface area (Å²) in [5, 5.41) is 6.38. The molecule has 1 fully saturated rings. The molecule has 0 radical (unpaired) electrons. The highest BCUT2D eigenvalue weighted by atomic mass is 79.9.